The van der Waals surface area contributed by atoms with Crippen LogP contribution in [0.3, 0.4) is 0 Å². The van der Waals surface area contributed by atoms with Crippen molar-refractivity contribution in [1.29, 1.82) is 0 Å². The van der Waals surface area contributed by atoms with E-state index in [-0.39, 0.29) is 11.8 Å². The summed E-state index contributed by atoms with van der Waals surface area (Å²) >= 11 is 0. The van der Waals surface area contributed by atoms with Crippen LogP contribution in [0.4, 0.5) is 0 Å². The molecule has 1 saturated heterocycles. The van der Waals surface area contributed by atoms with E-state index in [0.717, 1.165) is 51.6 Å². The van der Waals surface area contributed by atoms with Crippen molar-refractivity contribution >= 4 is 11.9 Å². The summed E-state index contributed by atoms with van der Waals surface area (Å²) in [5, 5.41) is 9.72. The van der Waals surface area contributed by atoms with Gasteiger partial charge in [-0.15, -0.1) is 0 Å². The first-order valence-corrected chi connectivity index (χ1v) is 10.1. The fourth-order valence-electron chi connectivity index (χ4n) is 2.78. The third-order valence-electron chi connectivity index (χ3n) is 4.34. The quantitative estimate of drug-likeness (QED) is 0.306. The van der Waals surface area contributed by atoms with Crippen LogP contribution in [0.1, 0.15) is 47.5 Å². The molecular weight excluding hydrogens is 330 g/mol. The van der Waals surface area contributed by atoms with Gasteiger partial charge in [0.1, 0.15) is 0 Å². The highest BCUT2D eigenvalue weighted by molar-refractivity contribution is 5.80. The van der Waals surface area contributed by atoms with Crippen LogP contribution in [0.25, 0.3) is 0 Å². The van der Waals surface area contributed by atoms with Crippen LogP contribution in [-0.2, 0) is 9.53 Å². The predicted molar refractivity (Wildman–Crippen MR) is 108 cm³/mol. The summed E-state index contributed by atoms with van der Waals surface area (Å²) in [6.45, 7) is 16.0. The number of rotatable bonds is 10. The predicted octanol–water partition coefficient (Wildman–Crippen LogP) is 1.20. The van der Waals surface area contributed by atoms with Crippen molar-refractivity contribution in [3.05, 3.63) is 0 Å². The van der Waals surface area contributed by atoms with E-state index in [1.807, 2.05) is 13.8 Å². The molecule has 0 aromatic heterocycles. The molecule has 0 spiro atoms. The van der Waals surface area contributed by atoms with Crippen molar-refractivity contribution in [2.45, 2.75) is 59.6 Å². The van der Waals surface area contributed by atoms with Gasteiger partial charge in [0.25, 0.3) is 0 Å². The lowest BCUT2D eigenvalue weighted by Crippen LogP contribution is -2.49. The summed E-state index contributed by atoms with van der Waals surface area (Å²) in [4.78, 5) is 18.6. The van der Waals surface area contributed by atoms with E-state index in [4.69, 9.17) is 4.74 Å². The van der Waals surface area contributed by atoms with Crippen molar-refractivity contribution in [2.24, 2.45) is 10.9 Å². The van der Waals surface area contributed by atoms with E-state index < -0.39 is 0 Å². The number of ether oxygens (including phenoxy) is 1. The molecule has 1 heterocycles. The van der Waals surface area contributed by atoms with Gasteiger partial charge in [0, 0.05) is 44.7 Å². The number of likely N-dealkylation sites (tertiary alicyclic amines) is 1. The van der Waals surface area contributed by atoms with Gasteiger partial charge in [0.2, 0.25) is 5.91 Å². The molecule has 1 rings (SSSR count). The number of nitrogens with one attached hydrogen (secondary N) is 3. The number of guanidine groups is 1. The molecular formula is C19H39N5O2. The average molecular weight is 370 g/mol. The molecule has 1 aliphatic rings. The Labute approximate surface area is 159 Å². The highest BCUT2D eigenvalue weighted by Crippen LogP contribution is 2.10. The number of aliphatic imine (C=N–C) groups is 1. The molecule has 0 aliphatic carbocycles. The number of hydrogen-bond donors (Lipinski definition) is 3. The fourth-order valence-corrected chi connectivity index (χ4v) is 2.78. The average Bonchev–Trinajstić information content (AvgIpc) is 2.59. The minimum absolute atomic E-state index is 0.0152. The first kappa shape index (κ1) is 22.7. The maximum atomic E-state index is 11.6. The number of nitrogens with zero attached hydrogens (tertiary/aromatic N) is 2. The van der Waals surface area contributed by atoms with Gasteiger partial charge < -0.3 is 25.6 Å². The van der Waals surface area contributed by atoms with Crippen LogP contribution in [0.15, 0.2) is 4.99 Å². The lowest BCUT2D eigenvalue weighted by atomic mass is 10.1. The minimum Gasteiger partial charge on any atom is -0.377 e. The standard InChI is InChI=1S/C19H39N5O2/c1-6-20-19(22-10-9-21-18(25)15(2)3)23-17-7-11-24(12-8-17)13-14-26-16(4)5/h15-17H,6-14H2,1-5H3,(H,21,25)(H2,20,22,23). The Kier molecular flexibility index (Phi) is 11.3. The van der Waals surface area contributed by atoms with Gasteiger partial charge in [-0.2, -0.15) is 0 Å². The van der Waals surface area contributed by atoms with Crippen molar-refractivity contribution in [3.63, 3.8) is 0 Å². The minimum atomic E-state index is 0.0152. The summed E-state index contributed by atoms with van der Waals surface area (Å²) < 4.78 is 5.64. The third-order valence-corrected chi connectivity index (χ3v) is 4.34. The van der Waals surface area contributed by atoms with Gasteiger partial charge in [-0.05, 0) is 33.6 Å². The van der Waals surface area contributed by atoms with E-state index in [0.29, 0.717) is 25.2 Å². The summed E-state index contributed by atoms with van der Waals surface area (Å²) in [7, 11) is 0. The lowest BCUT2D eigenvalue weighted by molar-refractivity contribution is -0.123. The van der Waals surface area contributed by atoms with Gasteiger partial charge in [0.05, 0.1) is 19.3 Å². The summed E-state index contributed by atoms with van der Waals surface area (Å²) in [6, 6.07) is 0.445. The number of amides is 1. The first-order chi connectivity index (χ1) is 12.4. The second-order valence-electron chi connectivity index (χ2n) is 7.39. The smallest absolute Gasteiger partial charge is 0.222 e. The van der Waals surface area contributed by atoms with Crippen LogP contribution < -0.4 is 16.0 Å². The molecule has 0 atom stereocenters. The van der Waals surface area contributed by atoms with Gasteiger partial charge in [-0.3, -0.25) is 9.79 Å². The molecule has 0 aromatic rings. The lowest BCUT2D eigenvalue weighted by Gasteiger charge is -2.33. The van der Waals surface area contributed by atoms with E-state index in [1.165, 1.54) is 0 Å². The first-order valence-electron chi connectivity index (χ1n) is 10.1. The molecule has 1 fully saturated rings. The number of carbonyl (C=O) groups excluding carboxylic acids is 1. The molecule has 0 saturated carbocycles. The van der Waals surface area contributed by atoms with Gasteiger partial charge in [-0.25, -0.2) is 0 Å². The van der Waals surface area contributed by atoms with E-state index >= 15 is 0 Å². The van der Waals surface area contributed by atoms with E-state index in [2.05, 4.69) is 46.6 Å². The van der Waals surface area contributed by atoms with Crippen LogP contribution in [0, 0.1) is 5.92 Å². The fraction of sp³-hybridized carbons (Fsp3) is 0.895. The molecule has 0 radical (unpaired) electrons. The maximum Gasteiger partial charge on any atom is 0.222 e. The molecule has 0 unspecified atom stereocenters. The van der Waals surface area contributed by atoms with E-state index in [9.17, 15) is 4.79 Å². The second-order valence-corrected chi connectivity index (χ2v) is 7.39. The van der Waals surface area contributed by atoms with Crippen molar-refractivity contribution in [1.82, 2.24) is 20.9 Å². The van der Waals surface area contributed by atoms with Crippen molar-refractivity contribution < 1.29 is 9.53 Å². The highest BCUT2D eigenvalue weighted by atomic mass is 16.5. The van der Waals surface area contributed by atoms with Crippen LogP contribution in [0.5, 0.6) is 0 Å². The normalized spacial score (nSPS) is 17.0. The Morgan fingerprint density at radius 2 is 1.88 bits per heavy atom. The van der Waals surface area contributed by atoms with Gasteiger partial charge in [-0.1, -0.05) is 13.8 Å². The Balaban J connectivity index is 2.30. The molecule has 3 N–H and O–H groups in total. The van der Waals surface area contributed by atoms with Crippen molar-refractivity contribution in [2.75, 3.05) is 45.9 Å². The van der Waals surface area contributed by atoms with Gasteiger partial charge in [0.15, 0.2) is 5.96 Å². The van der Waals surface area contributed by atoms with Crippen LogP contribution in [0.2, 0.25) is 0 Å². The Hall–Kier alpha value is -1.34. The van der Waals surface area contributed by atoms with Crippen molar-refractivity contribution in [3.8, 4) is 0 Å². The Bertz CT molecular complexity index is 418. The molecule has 1 aliphatic heterocycles. The molecule has 7 heteroatoms. The molecule has 7 nitrogen and oxygen atoms in total. The summed E-state index contributed by atoms with van der Waals surface area (Å²) in [5.41, 5.74) is 0. The highest BCUT2D eigenvalue weighted by Gasteiger charge is 2.19. The Morgan fingerprint density at radius 1 is 1.19 bits per heavy atom. The zero-order valence-electron chi connectivity index (χ0n) is 17.3. The number of piperidine rings is 1. The Morgan fingerprint density at radius 3 is 2.46 bits per heavy atom. The third kappa shape index (κ3) is 9.97. The zero-order chi connectivity index (χ0) is 19.4. The largest absolute Gasteiger partial charge is 0.377 e. The molecule has 152 valence electrons. The molecule has 0 aromatic carbocycles. The second kappa shape index (κ2) is 12.9. The van der Waals surface area contributed by atoms with E-state index in [1.54, 1.807) is 0 Å². The molecule has 1 amide bonds. The molecule has 26 heavy (non-hydrogen) atoms. The van der Waals surface area contributed by atoms with Crippen LogP contribution >= 0.6 is 0 Å². The molecule has 0 bridgehead atoms. The SMILES string of the molecule is CCNC(=NCCNC(=O)C(C)C)NC1CCN(CCOC(C)C)CC1. The maximum absolute atomic E-state index is 11.6. The van der Waals surface area contributed by atoms with Gasteiger partial charge >= 0.3 is 0 Å². The number of hydrogen-bond acceptors (Lipinski definition) is 4. The monoisotopic (exact) mass is 369 g/mol. The summed E-state index contributed by atoms with van der Waals surface area (Å²) in [6.07, 6.45) is 2.52. The zero-order valence-corrected chi connectivity index (χ0v) is 17.3. The summed E-state index contributed by atoms with van der Waals surface area (Å²) in [5.74, 6) is 0.932. The van der Waals surface area contributed by atoms with Crippen LogP contribution in [-0.4, -0.2) is 74.8 Å². The topological polar surface area (TPSA) is 78.0 Å². The number of carbonyl (C=O) groups is 1.